The predicted octanol–water partition coefficient (Wildman–Crippen LogP) is -0.515. The molecule has 0 aromatic rings. The van der Waals surface area contributed by atoms with Crippen LogP contribution in [0.3, 0.4) is 0 Å². The first kappa shape index (κ1) is 13.8. The maximum atomic E-state index is 11.9. The van der Waals surface area contributed by atoms with Gasteiger partial charge in [0.05, 0.1) is 0 Å². The molecule has 1 aliphatic heterocycles. The Morgan fingerprint density at radius 3 is 2.63 bits per heavy atom. The summed E-state index contributed by atoms with van der Waals surface area (Å²) < 4.78 is 0. The van der Waals surface area contributed by atoms with Gasteiger partial charge >= 0.3 is 0 Å². The number of likely N-dealkylation sites (N-methyl/N-ethyl adjacent to an activating group) is 1. The van der Waals surface area contributed by atoms with Crippen LogP contribution in [-0.4, -0.2) is 41.8 Å². The second kappa shape index (κ2) is 6.01. The van der Waals surface area contributed by atoms with Crippen LogP contribution in [0.15, 0.2) is 4.99 Å². The standard InChI is InChI=1S/C12H21N5O2/c1-17-10(18)7-6-9(11(17)19)15-12(16-13)14-8-4-2-3-5-8/h8-9H,2-7,13H2,1H3,(H2,14,15,16). The molecule has 7 nitrogen and oxygen atoms in total. The molecule has 4 N–H and O–H groups in total. The van der Waals surface area contributed by atoms with Gasteiger partial charge in [0.25, 0.3) is 5.91 Å². The molecule has 1 heterocycles. The van der Waals surface area contributed by atoms with E-state index < -0.39 is 6.04 Å². The van der Waals surface area contributed by atoms with Crippen molar-refractivity contribution in [1.82, 2.24) is 15.6 Å². The van der Waals surface area contributed by atoms with Gasteiger partial charge in [0.1, 0.15) is 6.04 Å². The number of piperidine rings is 1. The fourth-order valence-corrected chi connectivity index (χ4v) is 2.55. The Bertz CT molecular complexity index is 390. The fourth-order valence-electron chi connectivity index (χ4n) is 2.55. The first-order valence-corrected chi connectivity index (χ1v) is 6.73. The molecule has 2 aliphatic rings. The molecule has 7 heteroatoms. The first-order valence-electron chi connectivity index (χ1n) is 6.73. The van der Waals surface area contributed by atoms with Gasteiger partial charge in [0.15, 0.2) is 0 Å². The fraction of sp³-hybridized carbons (Fsp3) is 0.750. The van der Waals surface area contributed by atoms with Crippen molar-refractivity contribution in [3.63, 3.8) is 0 Å². The molecule has 2 amide bonds. The highest BCUT2D eigenvalue weighted by atomic mass is 16.2. The van der Waals surface area contributed by atoms with Crippen molar-refractivity contribution in [3.8, 4) is 0 Å². The maximum Gasteiger partial charge on any atom is 0.253 e. The van der Waals surface area contributed by atoms with E-state index >= 15 is 0 Å². The van der Waals surface area contributed by atoms with Crippen molar-refractivity contribution in [2.45, 2.75) is 50.6 Å². The number of likely N-dealkylation sites (tertiary alicyclic amines) is 1. The number of nitrogens with one attached hydrogen (secondary N) is 2. The molecular formula is C12H21N5O2. The van der Waals surface area contributed by atoms with Gasteiger partial charge in [-0.05, 0) is 19.3 Å². The molecule has 19 heavy (non-hydrogen) atoms. The number of imide groups is 1. The van der Waals surface area contributed by atoms with Crippen LogP contribution in [0.5, 0.6) is 0 Å². The van der Waals surface area contributed by atoms with E-state index in [9.17, 15) is 9.59 Å². The third-order valence-corrected chi connectivity index (χ3v) is 3.74. The molecule has 0 radical (unpaired) electrons. The van der Waals surface area contributed by atoms with Crippen molar-refractivity contribution >= 4 is 17.8 Å². The van der Waals surface area contributed by atoms with E-state index in [4.69, 9.17) is 5.84 Å². The maximum absolute atomic E-state index is 11.9. The van der Waals surface area contributed by atoms with Crippen LogP contribution in [0.4, 0.5) is 0 Å². The third-order valence-electron chi connectivity index (χ3n) is 3.74. The molecular weight excluding hydrogens is 246 g/mol. The van der Waals surface area contributed by atoms with E-state index in [1.165, 1.54) is 19.9 Å². The Hall–Kier alpha value is -1.63. The number of amides is 2. The van der Waals surface area contributed by atoms with Crippen molar-refractivity contribution in [1.29, 1.82) is 0 Å². The molecule has 106 valence electrons. The second-order valence-electron chi connectivity index (χ2n) is 5.09. The molecule has 2 fully saturated rings. The zero-order chi connectivity index (χ0) is 13.8. The highest BCUT2D eigenvalue weighted by molar-refractivity contribution is 6.01. The minimum atomic E-state index is -0.525. The van der Waals surface area contributed by atoms with Crippen molar-refractivity contribution in [3.05, 3.63) is 0 Å². The van der Waals surface area contributed by atoms with Gasteiger partial charge < -0.3 is 5.32 Å². The summed E-state index contributed by atoms with van der Waals surface area (Å²) in [6.45, 7) is 0. The average molecular weight is 267 g/mol. The highest BCUT2D eigenvalue weighted by Crippen LogP contribution is 2.18. The third kappa shape index (κ3) is 3.23. The zero-order valence-corrected chi connectivity index (χ0v) is 11.2. The lowest BCUT2D eigenvalue weighted by Gasteiger charge is -2.26. The monoisotopic (exact) mass is 267 g/mol. The normalized spacial score (nSPS) is 25.9. The van der Waals surface area contributed by atoms with E-state index in [-0.39, 0.29) is 11.8 Å². The van der Waals surface area contributed by atoms with Gasteiger partial charge in [-0.15, -0.1) is 0 Å². The van der Waals surface area contributed by atoms with Crippen LogP contribution in [0, 0.1) is 0 Å². The minimum Gasteiger partial charge on any atom is -0.353 e. The van der Waals surface area contributed by atoms with Crippen LogP contribution < -0.4 is 16.6 Å². The first-order chi connectivity index (χ1) is 9.11. The Morgan fingerprint density at radius 2 is 2.00 bits per heavy atom. The Kier molecular flexibility index (Phi) is 4.36. The minimum absolute atomic E-state index is 0.151. The van der Waals surface area contributed by atoms with E-state index in [2.05, 4.69) is 15.7 Å². The van der Waals surface area contributed by atoms with Crippen molar-refractivity contribution in [2.24, 2.45) is 10.8 Å². The van der Waals surface area contributed by atoms with Crippen LogP contribution in [0.2, 0.25) is 0 Å². The Balaban J connectivity index is 2.00. The Morgan fingerprint density at radius 1 is 1.32 bits per heavy atom. The summed E-state index contributed by atoms with van der Waals surface area (Å²) in [6.07, 6.45) is 5.39. The molecule has 1 saturated carbocycles. The molecule has 2 rings (SSSR count). The second-order valence-corrected chi connectivity index (χ2v) is 5.09. The molecule has 1 unspecified atom stereocenters. The van der Waals surface area contributed by atoms with Crippen molar-refractivity contribution < 1.29 is 9.59 Å². The van der Waals surface area contributed by atoms with Crippen LogP contribution in [-0.2, 0) is 9.59 Å². The average Bonchev–Trinajstić information content (AvgIpc) is 2.91. The lowest BCUT2D eigenvalue weighted by molar-refractivity contribution is -0.147. The smallest absolute Gasteiger partial charge is 0.253 e. The number of nitrogens with zero attached hydrogens (tertiary/aromatic N) is 2. The van der Waals surface area contributed by atoms with E-state index in [1.807, 2.05) is 0 Å². The van der Waals surface area contributed by atoms with Crippen LogP contribution in [0.1, 0.15) is 38.5 Å². The summed E-state index contributed by atoms with van der Waals surface area (Å²) in [5.41, 5.74) is 2.51. The number of nitrogens with two attached hydrogens (primary N) is 1. The summed E-state index contributed by atoms with van der Waals surface area (Å²) in [5.74, 6) is 5.46. The van der Waals surface area contributed by atoms with Gasteiger partial charge in [-0.1, -0.05) is 12.8 Å². The van der Waals surface area contributed by atoms with E-state index in [0.717, 1.165) is 17.7 Å². The van der Waals surface area contributed by atoms with Crippen LogP contribution in [0.25, 0.3) is 0 Å². The lowest BCUT2D eigenvalue weighted by atomic mass is 10.1. The Labute approximate surface area is 112 Å². The molecule has 0 spiro atoms. The van der Waals surface area contributed by atoms with Gasteiger partial charge in [-0.2, -0.15) is 0 Å². The summed E-state index contributed by atoms with van der Waals surface area (Å²) in [5, 5.41) is 3.22. The number of guanidine groups is 1. The zero-order valence-electron chi connectivity index (χ0n) is 11.2. The van der Waals surface area contributed by atoms with Gasteiger partial charge in [-0.25, -0.2) is 10.8 Å². The molecule has 0 aromatic carbocycles. The quantitative estimate of drug-likeness (QED) is 0.206. The molecule has 1 aliphatic carbocycles. The van der Waals surface area contributed by atoms with E-state index in [1.54, 1.807) is 0 Å². The van der Waals surface area contributed by atoms with Gasteiger partial charge in [0.2, 0.25) is 11.9 Å². The lowest BCUT2D eigenvalue weighted by Crippen LogP contribution is -2.49. The number of aliphatic imine (C=N–C) groups is 1. The highest BCUT2D eigenvalue weighted by Gasteiger charge is 2.32. The summed E-state index contributed by atoms with van der Waals surface area (Å²) in [7, 11) is 1.49. The number of hydrogen-bond acceptors (Lipinski definition) is 4. The van der Waals surface area contributed by atoms with Gasteiger partial charge in [-0.3, -0.25) is 19.9 Å². The molecule has 0 aromatic heterocycles. The molecule has 1 saturated heterocycles. The summed E-state index contributed by atoms with van der Waals surface area (Å²) in [6, 6.07) is -0.157. The van der Waals surface area contributed by atoms with Crippen molar-refractivity contribution in [2.75, 3.05) is 7.05 Å². The predicted molar refractivity (Wildman–Crippen MR) is 70.9 cm³/mol. The SMILES string of the molecule is CN1C(=O)CCC(N=C(NN)NC2CCCC2)C1=O. The summed E-state index contributed by atoms with van der Waals surface area (Å²) >= 11 is 0. The number of hydrogen-bond donors (Lipinski definition) is 3. The van der Waals surface area contributed by atoms with Gasteiger partial charge in [0, 0.05) is 19.5 Å². The number of rotatable bonds is 2. The molecule has 0 bridgehead atoms. The van der Waals surface area contributed by atoms with E-state index in [0.29, 0.717) is 24.8 Å². The topological polar surface area (TPSA) is 99.8 Å². The van der Waals surface area contributed by atoms with Crippen LogP contribution >= 0.6 is 0 Å². The largest absolute Gasteiger partial charge is 0.353 e. The number of hydrazine groups is 1. The summed E-state index contributed by atoms with van der Waals surface area (Å²) in [4.78, 5) is 28.8. The number of carbonyl (C=O) groups excluding carboxylic acids is 2. The molecule has 1 atom stereocenters. The number of carbonyl (C=O) groups is 2.